The average Bonchev–Trinajstić information content (AvgIpc) is 3.24. The van der Waals surface area contributed by atoms with E-state index in [0.717, 1.165) is 22.3 Å². The van der Waals surface area contributed by atoms with Crippen molar-refractivity contribution in [3.8, 4) is 11.1 Å². The van der Waals surface area contributed by atoms with Crippen LogP contribution in [0.2, 0.25) is 0 Å². The molecule has 1 saturated heterocycles. The number of ether oxygens (including phenoxy) is 1. The Labute approximate surface area is 172 Å². The largest absolute Gasteiger partial charge is 0.449 e. The van der Waals surface area contributed by atoms with E-state index in [1.807, 2.05) is 48.5 Å². The molecule has 1 atom stereocenters. The molecular formula is C22H20N2O6. The van der Waals surface area contributed by atoms with Gasteiger partial charge < -0.3 is 14.9 Å². The molecule has 154 valence electrons. The van der Waals surface area contributed by atoms with E-state index in [0.29, 0.717) is 5.06 Å². The van der Waals surface area contributed by atoms with Crippen LogP contribution in [0.3, 0.4) is 0 Å². The minimum atomic E-state index is -1.10. The number of carbonyl (C=O) groups is 4. The van der Waals surface area contributed by atoms with Crippen molar-refractivity contribution >= 4 is 23.9 Å². The Morgan fingerprint density at radius 2 is 1.53 bits per heavy atom. The second-order valence-corrected chi connectivity index (χ2v) is 7.18. The quantitative estimate of drug-likeness (QED) is 0.763. The summed E-state index contributed by atoms with van der Waals surface area (Å²) in [4.78, 5) is 52.1. The average molecular weight is 408 g/mol. The maximum absolute atomic E-state index is 12.2. The molecule has 1 aliphatic carbocycles. The molecule has 8 heteroatoms. The van der Waals surface area contributed by atoms with Crippen LogP contribution in [-0.2, 0) is 24.0 Å². The van der Waals surface area contributed by atoms with Gasteiger partial charge >= 0.3 is 12.1 Å². The number of hydroxylamine groups is 2. The fourth-order valence-electron chi connectivity index (χ4n) is 3.70. The first-order valence-corrected chi connectivity index (χ1v) is 9.65. The first-order valence-electron chi connectivity index (χ1n) is 9.65. The SMILES string of the molecule is C[C@H](NC(=O)OCC1c2ccccc2-c2ccccc21)C(=O)ON1C(=O)CCC1=O. The first-order chi connectivity index (χ1) is 14.5. The number of hydrogen-bond acceptors (Lipinski definition) is 6. The summed E-state index contributed by atoms with van der Waals surface area (Å²) in [6, 6.07) is 14.8. The minimum Gasteiger partial charge on any atom is -0.449 e. The van der Waals surface area contributed by atoms with Crippen molar-refractivity contribution in [1.29, 1.82) is 0 Å². The Hall–Kier alpha value is -3.68. The van der Waals surface area contributed by atoms with Gasteiger partial charge in [0.2, 0.25) is 0 Å². The zero-order chi connectivity index (χ0) is 21.3. The van der Waals surface area contributed by atoms with Crippen LogP contribution >= 0.6 is 0 Å². The van der Waals surface area contributed by atoms with E-state index < -0.39 is 29.9 Å². The summed E-state index contributed by atoms with van der Waals surface area (Å²) >= 11 is 0. The molecular weight excluding hydrogens is 388 g/mol. The first kappa shape index (κ1) is 19.6. The molecule has 0 aromatic heterocycles. The van der Waals surface area contributed by atoms with Crippen molar-refractivity contribution in [3.05, 3.63) is 59.7 Å². The van der Waals surface area contributed by atoms with Gasteiger partial charge in [0.25, 0.3) is 11.8 Å². The summed E-state index contributed by atoms with van der Waals surface area (Å²) < 4.78 is 5.37. The number of rotatable bonds is 5. The molecule has 1 aliphatic heterocycles. The van der Waals surface area contributed by atoms with Gasteiger partial charge in [0.05, 0.1) is 0 Å². The van der Waals surface area contributed by atoms with Crippen LogP contribution in [0.15, 0.2) is 48.5 Å². The molecule has 8 nitrogen and oxygen atoms in total. The fraction of sp³-hybridized carbons (Fsp3) is 0.273. The Morgan fingerprint density at radius 3 is 2.10 bits per heavy atom. The van der Waals surface area contributed by atoms with E-state index in [1.54, 1.807) is 0 Å². The van der Waals surface area contributed by atoms with E-state index in [1.165, 1.54) is 6.92 Å². The minimum absolute atomic E-state index is 0.000299. The lowest BCUT2D eigenvalue weighted by atomic mass is 9.98. The fourth-order valence-corrected chi connectivity index (χ4v) is 3.70. The summed E-state index contributed by atoms with van der Waals surface area (Å²) in [5.74, 6) is -2.19. The summed E-state index contributed by atoms with van der Waals surface area (Å²) in [6.45, 7) is 1.49. The van der Waals surface area contributed by atoms with Gasteiger partial charge in [0.15, 0.2) is 0 Å². The van der Waals surface area contributed by atoms with Gasteiger partial charge in [-0.2, -0.15) is 0 Å². The molecule has 2 aromatic rings. The Bertz CT molecular complexity index is 972. The van der Waals surface area contributed by atoms with Gasteiger partial charge in [-0.3, -0.25) is 9.59 Å². The molecule has 0 spiro atoms. The smallest absolute Gasteiger partial charge is 0.407 e. The highest BCUT2D eigenvalue weighted by Gasteiger charge is 2.34. The van der Waals surface area contributed by atoms with Crippen LogP contribution in [0.5, 0.6) is 0 Å². The van der Waals surface area contributed by atoms with Gasteiger partial charge in [-0.15, -0.1) is 5.06 Å². The predicted molar refractivity (Wildman–Crippen MR) is 105 cm³/mol. The van der Waals surface area contributed by atoms with Crippen molar-refractivity contribution < 1.29 is 28.8 Å². The highest BCUT2D eigenvalue weighted by molar-refractivity contribution is 6.01. The molecule has 1 heterocycles. The number of amides is 3. The number of benzene rings is 2. The van der Waals surface area contributed by atoms with Crippen molar-refractivity contribution in [2.24, 2.45) is 0 Å². The molecule has 1 N–H and O–H groups in total. The standard InChI is InChI=1S/C22H20N2O6/c1-13(21(27)30-24-19(25)10-11-20(24)26)23-22(28)29-12-18-16-8-4-2-6-14(16)15-7-3-5-9-17(15)18/h2-9,13,18H,10-12H2,1H3,(H,23,28)/t13-/m0/s1. The van der Waals surface area contributed by atoms with Crippen LogP contribution in [0.1, 0.15) is 36.8 Å². The van der Waals surface area contributed by atoms with Crippen LogP contribution in [-0.4, -0.2) is 41.6 Å². The van der Waals surface area contributed by atoms with Crippen molar-refractivity contribution in [3.63, 3.8) is 0 Å². The van der Waals surface area contributed by atoms with Crippen LogP contribution in [0.25, 0.3) is 11.1 Å². The summed E-state index contributed by atoms with van der Waals surface area (Å²) in [7, 11) is 0. The highest BCUT2D eigenvalue weighted by atomic mass is 16.7. The number of imide groups is 1. The van der Waals surface area contributed by atoms with E-state index in [4.69, 9.17) is 9.57 Å². The lowest BCUT2D eigenvalue weighted by Gasteiger charge is -2.18. The highest BCUT2D eigenvalue weighted by Crippen LogP contribution is 2.44. The van der Waals surface area contributed by atoms with Crippen LogP contribution < -0.4 is 5.32 Å². The Morgan fingerprint density at radius 1 is 1.00 bits per heavy atom. The van der Waals surface area contributed by atoms with Gasteiger partial charge in [-0.1, -0.05) is 48.5 Å². The van der Waals surface area contributed by atoms with Gasteiger partial charge in [0, 0.05) is 18.8 Å². The third kappa shape index (κ3) is 3.63. The van der Waals surface area contributed by atoms with Crippen molar-refractivity contribution in [2.75, 3.05) is 6.61 Å². The van der Waals surface area contributed by atoms with Gasteiger partial charge in [0.1, 0.15) is 12.6 Å². The van der Waals surface area contributed by atoms with E-state index in [9.17, 15) is 19.2 Å². The number of nitrogens with one attached hydrogen (secondary N) is 1. The van der Waals surface area contributed by atoms with E-state index in [-0.39, 0.29) is 25.4 Å². The normalized spacial score (nSPS) is 16.1. The van der Waals surface area contributed by atoms with Gasteiger partial charge in [-0.05, 0) is 29.2 Å². The molecule has 2 aromatic carbocycles. The number of hydrogen-bond donors (Lipinski definition) is 1. The number of fused-ring (bicyclic) bond motifs is 3. The number of nitrogens with zero attached hydrogens (tertiary/aromatic N) is 1. The van der Waals surface area contributed by atoms with Crippen molar-refractivity contribution in [1.82, 2.24) is 10.4 Å². The lowest BCUT2D eigenvalue weighted by molar-refractivity contribution is -0.198. The van der Waals surface area contributed by atoms with Gasteiger partial charge in [-0.25, -0.2) is 9.59 Å². The predicted octanol–water partition coefficient (Wildman–Crippen LogP) is 2.52. The molecule has 1 fully saturated rings. The molecule has 0 radical (unpaired) electrons. The molecule has 30 heavy (non-hydrogen) atoms. The molecule has 0 saturated carbocycles. The molecule has 2 aliphatic rings. The van der Waals surface area contributed by atoms with E-state index in [2.05, 4.69) is 5.32 Å². The molecule has 0 bridgehead atoms. The lowest BCUT2D eigenvalue weighted by Crippen LogP contribution is -2.44. The van der Waals surface area contributed by atoms with Crippen molar-refractivity contribution in [2.45, 2.75) is 31.7 Å². The third-order valence-electron chi connectivity index (χ3n) is 5.22. The Kier molecular flexibility index (Phi) is 5.22. The van der Waals surface area contributed by atoms with E-state index >= 15 is 0 Å². The van der Waals surface area contributed by atoms with Crippen LogP contribution in [0, 0.1) is 0 Å². The summed E-state index contributed by atoms with van der Waals surface area (Å²) in [5, 5.41) is 2.81. The topological polar surface area (TPSA) is 102 Å². The van der Waals surface area contributed by atoms with Crippen LogP contribution in [0.4, 0.5) is 4.79 Å². The summed E-state index contributed by atoms with van der Waals surface area (Å²) in [6.07, 6.45) is -0.791. The molecule has 0 unspecified atom stereocenters. The monoisotopic (exact) mass is 408 g/mol. The molecule has 4 rings (SSSR count). The zero-order valence-corrected chi connectivity index (χ0v) is 16.3. The second-order valence-electron chi connectivity index (χ2n) is 7.18. The number of carbonyl (C=O) groups excluding carboxylic acids is 4. The Balaban J connectivity index is 1.35. The third-order valence-corrected chi connectivity index (χ3v) is 5.22. The summed E-state index contributed by atoms with van der Waals surface area (Å²) in [5.41, 5.74) is 4.37. The zero-order valence-electron chi connectivity index (χ0n) is 16.3. The maximum atomic E-state index is 12.2. The molecule has 3 amide bonds. The second kappa shape index (κ2) is 7.98. The maximum Gasteiger partial charge on any atom is 0.407 e. The number of alkyl carbamates (subject to hydrolysis) is 1.